The molecule has 0 saturated carbocycles. The van der Waals surface area contributed by atoms with E-state index in [1.807, 2.05) is 0 Å². The van der Waals surface area contributed by atoms with Crippen molar-refractivity contribution in [2.24, 2.45) is 0 Å². The SMILES string of the molecule is CNC(=O)c1cc(F)c(-c2oc3nc(C)ccc3c2CC2CN(C(=O)O)CCO2)c(F)c1. The molecule has 3 aromatic rings. The van der Waals surface area contributed by atoms with Crippen LogP contribution >= 0.6 is 0 Å². The molecular formula is C22H21F2N3O5. The molecule has 4 rings (SSSR count). The van der Waals surface area contributed by atoms with Gasteiger partial charge in [0.2, 0.25) is 5.71 Å². The standard InChI is InChI=1S/C22H21F2N3O5/c1-11-3-4-14-15(9-13-10-27(22(29)30)5-6-31-13)19(32-21(14)26-11)18-16(23)7-12(8-17(18)24)20(28)25-2/h3-4,7-8,13H,5-6,9-10H2,1-2H3,(H,25,28)(H,29,30). The van der Waals surface area contributed by atoms with E-state index in [-0.39, 0.29) is 43.2 Å². The number of morpholine rings is 1. The quantitative estimate of drug-likeness (QED) is 0.638. The minimum Gasteiger partial charge on any atom is -0.465 e. The third-order valence-corrected chi connectivity index (χ3v) is 5.40. The number of aromatic nitrogens is 1. The summed E-state index contributed by atoms with van der Waals surface area (Å²) in [5.74, 6) is -2.61. The summed E-state index contributed by atoms with van der Waals surface area (Å²) in [5.41, 5.74) is 0.733. The topological polar surface area (TPSA) is 105 Å². The van der Waals surface area contributed by atoms with Crippen LogP contribution in [-0.4, -0.2) is 59.8 Å². The average molecular weight is 445 g/mol. The molecule has 3 heterocycles. The highest BCUT2D eigenvalue weighted by Crippen LogP contribution is 2.37. The summed E-state index contributed by atoms with van der Waals surface area (Å²) in [6, 6.07) is 5.37. The van der Waals surface area contributed by atoms with E-state index >= 15 is 8.78 Å². The normalized spacial score (nSPS) is 16.4. The molecule has 0 bridgehead atoms. The molecule has 0 spiro atoms. The number of nitrogens with zero attached hydrogens (tertiary/aromatic N) is 2. The summed E-state index contributed by atoms with van der Waals surface area (Å²) >= 11 is 0. The highest BCUT2D eigenvalue weighted by Gasteiger charge is 2.29. The zero-order chi connectivity index (χ0) is 23.0. The van der Waals surface area contributed by atoms with Crippen LogP contribution in [0.2, 0.25) is 0 Å². The van der Waals surface area contributed by atoms with Gasteiger partial charge in [-0.3, -0.25) is 4.79 Å². The Balaban J connectivity index is 1.82. The van der Waals surface area contributed by atoms with E-state index in [2.05, 4.69) is 10.3 Å². The molecule has 8 nitrogen and oxygen atoms in total. The Morgan fingerprint density at radius 3 is 2.66 bits per heavy atom. The first-order valence-corrected chi connectivity index (χ1v) is 9.98. The van der Waals surface area contributed by atoms with Crippen LogP contribution < -0.4 is 5.32 Å². The maximum atomic E-state index is 15.0. The number of pyridine rings is 1. The van der Waals surface area contributed by atoms with Crippen molar-refractivity contribution in [2.75, 3.05) is 26.7 Å². The molecule has 2 aromatic heterocycles. The van der Waals surface area contributed by atoms with Crippen molar-refractivity contribution in [3.8, 4) is 11.3 Å². The number of hydrogen-bond acceptors (Lipinski definition) is 5. The second kappa shape index (κ2) is 8.54. The second-order valence-electron chi connectivity index (χ2n) is 7.53. The van der Waals surface area contributed by atoms with E-state index < -0.39 is 35.3 Å². The van der Waals surface area contributed by atoms with Crippen molar-refractivity contribution >= 4 is 23.1 Å². The lowest BCUT2D eigenvalue weighted by Gasteiger charge is -2.31. The third-order valence-electron chi connectivity index (χ3n) is 5.40. The number of rotatable bonds is 4. The van der Waals surface area contributed by atoms with Gasteiger partial charge in [-0.15, -0.1) is 0 Å². The lowest BCUT2D eigenvalue weighted by molar-refractivity contribution is -0.0209. The molecule has 1 atom stereocenters. The maximum Gasteiger partial charge on any atom is 0.407 e. The molecule has 32 heavy (non-hydrogen) atoms. The average Bonchev–Trinajstić information content (AvgIpc) is 3.09. The number of hydrogen-bond donors (Lipinski definition) is 2. The number of carbonyl (C=O) groups excluding carboxylic acids is 1. The molecule has 1 fully saturated rings. The molecule has 2 amide bonds. The Kier molecular flexibility index (Phi) is 5.79. The summed E-state index contributed by atoms with van der Waals surface area (Å²) in [5, 5.41) is 12.2. The van der Waals surface area contributed by atoms with Gasteiger partial charge in [0.1, 0.15) is 17.4 Å². The van der Waals surface area contributed by atoms with E-state index in [1.165, 1.54) is 11.9 Å². The van der Waals surface area contributed by atoms with Crippen LogP contribution in [0.15, 0.2) is 28.7 Å². The number of amides is 2. The number of carboxylic acid groups (broad SMARTS) is 1. The van der Waals surface area contributed by atoms with Crippen molar-refractivity contribution in [2.45, 2.75) is 19.4 Å². The number of halogens is 2. The van der Waals surface area contributed by atoms with Crippen molar-refractivity contribution < 1.29 is 32.6 Å². The number of furan rings is 1. The number of aryl methyl sites for hydroxylation is 1. The summed E-state index contributed by atoms with van der Waals surface area (Å²) in [6.07, 6.45) is -1.43. The fraction of sp³-hybridized carbons (Fsp3) is 0.318. The first kappa shape index (κ1) is 21.7. The number of nitrogens with one attached hydrogen (secondary N) is 1. The summed E-state index contributed by atoms with van der Waals surface area (Å²) in [4.78, 5) is 28.7. The van der Waals surface area contributed by atoms with Gasteiger partial charge in [-0.1, -0.05) is 0 Å². The Morgan fingerprint density at radius 1 is 1.28 bits per heavy atom. The van der Waals surface area contributed by atoms with Gasteiger partial charge < -0.3 is 24.5 Å². The van der Waals surface area contributed by atoms with E-state index in [9.17, 15) is 14.7 Å². The fourth-order valence-corrected chi connectivity index (χ4v) is 3.84. The molecule has 2 N–H and O–H groups in total. The molecule has 0 radical (unpaired) electrons. The predicted molar refractivity (Wildman–Crippen MR) is 111 cm³/mol. The summed E-state index contributed by atoms with van der Waals surface area (Å²) in [7, 11) is 1.36. The van der Waals surface area contributed by atoms with Crippen molar-refractivity contribution in [1.29, 1.82) is 0 Å². The zero-order valence-corrected chi connectivity index (χ0v) is 17.4. The van der Waals surface area contributed by atoms with Crippen molar-refractivity contribution in [1.82, 2.24) is 15.2 Å². The zero-order valence-electron chi connectivity index (χ0n) is 17.4. The number of carbonyl (C=O) groups is 2. The fourth-order valence-electron chi connectivity index (χ4n) is 3.84. The maximum absolute atomic E-state index is 15.0. The predicted octanol–water partition coefficient (Wildman–Crippen LogP) is 3.36. The van der Waals surface area contributed by atoms with E-state index in [4.69, 9.17) is 9.15 Å². The van der Waals surface area contributed by atoms with E-state index in [0.29, 0.717) is 16.6 Å². The van der Waals surface area contributed by atoms with Gasteiger partial charge >= 0.3 is 6.09 Å². The van der Waals surface area contributed by atoms with E-state index in [0.717, 1.165) is 12.1 Å². The minimum absolute atomic E-state index is 0.0624. The highest BCUT2D eigenvalue weighted by molar-refractivity contribution is 5.95. The van der Waals surface area contributed by atoms with Crippen LogP contribution in [0.1, 0.15) is 21.6 Å². The van der Waals surface area contributed by atoms with Crippen molar-refractivity contribution in [3.63, 3.8) is 0 Å². The van der Waals surface area contributed by atoms with E-state index in [1.54, 1.807) is 19.1 Å². The molecule has 1 aliphatic rings. The van der Waals surface area contributed by atoms with Crippen LogP contribution in [0.5, 0.6) is 0 Å². The smallest absolute Gasteiger partial charge is 0.407 e. The Labute approximate surface area is 181 Å². The summed E-state index contributed by atoms with van der Waals surface area (Å²) in [6.45, 7) is 2.33. The van der Waals surface area contributed by atoms with Crippen LogP contribution in [-0.2, 0) is 11.2 Å². The Bertz CT molecular complexity index is 1190. The molecule has 0 aliphatic carbocycles. The minimum atomic E-state index is -1.06. The Morgan fingerprint density at radius 2 is 2.00 bits per heavy atom. The molecule has 168 valence electrons. The van der Waals surface area contributed by atoms with Crippen LogP contribution in [0.4, 0.5) is 13.6 Å². The second-order valence-corrected chi connectivity index (χ2v) is 7.53. The molecule has 1 unspecified atom stereocenters. The lowest BCUT2D eigenvalue weighted by atomic mass is 9.98. The molecule has 1 aromatic carbocycles. The number of ether oxygens (including phenoxy) is 1. The highest BCUT2D eigenvalue weighted by atomic mass is 19.1. The first-order chi connectivity index (χ1) is 15.3. The van der Waals surface area contributed by atoms with Crippen LogP contribution in [0, 0.1) is 18.6 Å². The van der Waals surface area contributed by atoms with Crippen LogP contribution in [0.25, 0.3) is 22.4 Å². The largest absolute Gasteiger partial charge is 0.465 e. The number of fused-ring (bicyclic) bond motifs is 1. The molecule has 1 aliphatic heterocycles. The molecular weight excluding hydrogens is 424 g/mol. The first-order valence-electron chi connectivity index (χ1n) is 9.98. The van der Waals surface area contributed by atoms with Gasteiger partial charge in [0.15, 0.2) is 0 Å². The third kappa shape index (κ3) is 4.01. The van der Waals surface area contributed by atoms with Gasteiger partial charge in [0.05, 0.1) is 24.8 Å². The van der Waals surface area contributed by atoms with Gasteiger partial charge in [0.25, 0.3) is 5.91 Å². The van der Waals surface area contributed by atoms with Gasteiger partial charge in [0, 0.05) is 42.2 Å². The molecule has 1 saturated heterocycles. The van der Waals surface area contributed by atoms with Gasteiger partial charge in [-0.25, -0.2) is 18.6 Å². The van der Waals surface area contributed by atoms with Crippen molar-refractivity contribution in [3.05, 3.63) is 52.7 Å². The molecule has 10 heteroatoms. The summed E-state index contributed by atoms with van der Waals surface area (Å²) < 4.78 is 41.5. The number of benzene rings is 1. The van der Waals surface area contributed by atoms with Gasteiger partial charge in [-0.2, -0.15) is 0 Å². The monoisotopic (exact) mass is 445 g/mol. The van der Waals surface area contributed by atoms with Gasteiger partial charge in [-0.05, 0) is 31.2 Å². The van der Waals surface area contributed by atoms with Crippen LogP contribution in [0.3, 0.4) is 0 Å². The Hall–Kier alpha value is -3.53. The lowest BCUT2D eigenvalue weighted by Crippen LogP contribution is -2.45.